The third-order valence-corrected chi connectivity index (χ3v) is 4.42. The number of likely N-dealkylation sites (tertiary alicyclic amines) is 1. The molecule has 1 aromatic rings. The third kappa shape index (κ3) is 3.23. The van der Waals surface area contributed by atoms with Crippen molar-refractivity contribution in [2.75, 3.05) is 13.1 Å². The van der Waals surface area contributed by atoms with Crippen molar-refractivity contribution in [3.63, 3.8) is 0 Å². The van der Waals surface area contributed by atoms with Gasteiger partial charge >= 0.3 is 5.97 Å². The number of hydrogen-bond acceptors (Lipinski definition) is 2. The van der Waals surface area contributed by atoms with Gasteiger partial charge in [-0.25, -0.2) is 0 Å². The van der Waals surface area contributed by atoms with Crippen LogP contribution in [0.4, 0.5) is 0 Å². The minimum Gasteiger partial charge on any atom is -0.481 e. The fraction of sp³-hybridized carbons (Fsp3) is 0.500. The van der Waals surface area contributed by atoms with Gasteiger partial charge in [-0.1, -0.05) is 12.1 Å². The van der Waals surface area contributed by atoms with Crippen molar-refractivity contribution in [2.45, 2.75) is 25.8 Å². The van der Waals surface area contributed by atoms with Gasteiger partial charge in [-0.15, -0.1) is 0 Å². The van der Waals surface area contributed by atoms with E-state index >= 15 is 0 Å². The summed E-state index contributed by atoms with van der Waals surface area (Å²) in [5.74, 6) is -0.862. The van der Waals surface area contributed by atoms with Crippen LogP contribution in [0.15, 0.2) is 24.3 Å². The number of piperidine rings is 1. The summed E-state index contributed by atoms with van der Waals surface area (Å²) in [5.41, 5.74) is 1.27. The standard InChI is InChI=1S/C14H18INO2/c1-10(11-4-6-13(15)7-5-11)16-8-2-3-12(9-16)14(17)18/h4-7,10,12H,2-3,8-9H2,1H3,(H,17,18). The molecule has 1 fully saturated rings. The van der Waals surface area contributed by atoms with Gasteiger partial charge in [0.25, 0.3) is 0 Å². The van der Waals surface area contributed by atoms with Gasteiger partial charge in [-0.2, -0.15) is 0 Å². The summed E-state index contributed by atoms with van der Waals surface area (Å²) >= 11 is 2.29. The number of carboxylic acids is 1. The second-order valence-electron chi connectivity index (χ2n) is 4.90. The highest BCUT2D eigenvalue weighted by Crippen LogP contribution is 2.27. The van der Waals surface area contributed by atoms with Crippen LogP contribution in [0, 0.1) is 9.49 Å². The van der Waals surface area contributed by atoms with E-state index in [0.717, 1.165) is 19.4 Å². The highest BCUT2D eigenvalue weighted by Gasteiger charge is 2.28. The zero-order valence-electron chi connectivity index (χ0n) is 10.5. The third-order valence-electron chi connectivity index (χ3n) is 3.70. The van der Waals surface area contributed by atoms with Crippen molar-refractivity contribution in [3.05, 3.63) is 33.4 Å². The van der Waals surface area contributed by atoms with E-state index in [1.807, 2.05) is 0 Å². The number of benzene rings is 1. The average Bonchev–Trinajstić information content (AvgIpc) is 2.39. The molecule has 0 saturated carbocycles. The minimum atomic E-state index is -0.658. The number of hydrogen-bond donors (Lipinski definition) is 1. The topological polar surface area (TPSA) is 40.5 Å². The number of halogens is 1. The molecule has 4 heteroatoms. The van der Waals surface area contributed by atoms with E-state index in [9.17, 15) is 4.79 Å². The van der Waals surface area contributed by atoms with Crippen molar-refractivity contribution >= 4 is 28.6 Å². The molecule has 1 N–H and O–H groups in total. The van der Waals surface area contributed by atoms with Crippen molar-refractivity contribution in [1.29, 1.82) is 0 Å². The molecule has 0 bridgehead atoms. The summed E-state index contributed by atoms with van der Waals surface area (Å²) in [6.07, 6.45) is 1.79. The minimum absolute atomic E-state index is 0.204. The molecule has 0 aliphatic carbocycles. The number of nitrogens with zero attached hydrogens (tertiary/aromatic N) is 1. The van der Waals surface area contributed by atoms with Crippen LogP contribution in [0.1, 0.15) is 31.4 Å². The molecule has 0 spiro atoms. The van der Waals surface area contributed by atoms with Gasteiger partial charge in [0.2, 0.25) is 0 Å². The molecule has 1 aromatic carbocycles. The van der Waals surface area contributed by atoms with Crippen LogP contribution in [0.2, 0.25) is 0 Å². The number of aliphatic carboxylic acids is 1. The van der Waals surface area contributed by atoms with Crippen molar-refractivity contribution in [1.82, 2.24) is 4.90 Å². The Morgan fingerprint density at radius 2 is 2.11 bits per heavy atom. The maximum atomic E-state index is 11.1. The van der Waals surface area contributed by atoms with Crippen LogP contribution in [0.25, 0.3) is 0 Å². The number of carbonyl (C=O) groups is 1. The molecule has 2 atom stereocenters. The Morgan fingerprint density at radius 3 is 2.72 bits per heavy atom. The van der Waals surface area contributed by atoms with Gasteiger partial charge in [-0.3, -0.25) is 9.69 Å². The molecule has 0 aromatic heterocycles. The highest BCUT2D eigenvalue weighted by atomic mass is 127. The normalized spacial score (nSPS) is 22.7. The van der Waals surface area contributed by atoms with E-state index < -0.39 is 5.97 Å². The lowest BCUT2D eigenvalue weighted by atomic mass is 9.95. The summed E-state index contributed by atoms with van der Waals surface area (Å²) in [7, 11) is 0. The first-order valence-electron chi connectivity index (χ1n) is 6.30. The maximum Gasteiger partial charge on any atom is 0.307 e. The van der Waals surface area contributed by atoms with Crippen LogP contribution in [-0.4, -0.2) is 29.1 Å². The maximum absolute atomic E-state index is 11.1. The lowest BCUT2D eigenvalue weighted by Gasteiger charge is -2.35. The zero-order valence-corrected chi connectivity index (χ0v) is 12.6. The highest BCUT2D eigenvalue weighted by molar-refractivity contribution is 14.1. The molecule has 1 saturated heterocycles. The Morgan fingerprint density at radius 1 is 1.44 bits per heavy atom. The predicted molar refractivity (Wildman–Crippen MR) is 79.5 cm³/mol. The molecule has 3 nitrogen and oxygen atoms in total. The summed E-state index contributed by atoms with van der Waals surface area (Å²) in [4.78, 5) is 13.4. The van der Waals surface area contributed by atoms with E-state index in [-0.39, 0.29) is 5.92 Å². The Balaban J connectivity index is 2.06. The van der Waals surface area contributed by atoms with Crippen molar-refractivity contribution in [3.8, 4) is 0 Å². The molecule has 18 heavy (non-hydrogen) atoms. The number of rotatable bonds is 3. The monoisotopic (exact) mass is 359 g/mol. The van der Waals surface area contributed by atoms with Gasteiger partial charge in [0.05, 0.1) is 5.92 Å². The smallest absolute Gasteiger partial charge is 0.307 e. The number of carboxylic acid groups (broad SMARTS) is 1. The fourth-order valence-electron chi connectivity index (χ4n) is 2.51. The lowest BCUT2D eigenvalue weighted by molar-refractivity contribution is -0.143. The average molecular weight is 359 g/mol. The van der Waals surface area contributed by atoms with Crippen LogP contribution in [-0.2, 0) is 4.79 Å². The molecule has 2 unspecified atom stereocenters. The Bertz CT molecular complexity index is 418. The predicted octanol–water partition coefficient (Wildman–Crippen LogP) is 3.15. The summed E-state index contributed by atoms with van der Waals surface area (Å²) in [6.45, 7) is 3.83. The summed E-state index contributed by atoms with van der Waals surface area (Å²) in [5, 5.41) is 9.12. The molecule has 0 amide bonds. The zero-order chi connectivity index (χ0) is 13.1. The van der Waals surface area contributed by atoms with E-state index in [2.05, 4.69) is 58.7 Å². The molecule has 1 aliphatic rings. The molecule has 2 rings (SSSR count). The Kier molecular flexibility index (Phi) is 4.61. The van der Waals surface area contributed by atoms with Crippen molar-refractivity contribution < 1.29 is 9.90 Å². The van der Waals surface area contributed by atoms with Gasteiger partial charge in [0.1, 0.15) is 0 Å². The molecule has 98 valence electrons. The second-order valence-corrected chi connectivity index (χ2v) is 6.15. The SMILES string of the molecule is CC(c1ccc(I)cc1)N1CCCC(C(=O)O)C1. The first-order valence-corrected chi connectivity index (χ1v) is 7.38. The van der Waals surface area contributed by atoms with Gasteiger partial charge in [-0.05, 0) is 66.6 Å². The van der Waals surface area contributed by atoms with Crippen LogP contribution < -0.4 is 0 Å². The molecular weight excluding hydrogens is 341 g/mol. The van der Waals surface area contributed by atoms with Crippen LogP contribution in [0.5, 0.6) is 0 Å². The largest absolute Gasteiger partial charge is 0.481 e. The van der Waals surface area contributed by atoms with E-state index in [1.165, 1.54) is 9.13 Å². The van der Waals surface area contributed by atoms with Gasteiger partial charge < -0.3 is 5.11 Å². The summed E-state index contributed by atoms with van der Waals surface area (Å²) < 4.78 is 1.23. The fourth-order valence-corrected chi connectivity index (χ4v) is 2.87. The lowest BCUT2D eigenvalue weighted by Crippen LogP contribution is -2.40. The second kappa shape index (κ2) is 6.02. The van der Waals surface area contributed by atoms with Crippen molar-refractivity contribution in [2.24, 2.45) is 5.92 Å². The van der Waals surface area contributed by atoms with E-state index in [1.54, 1.807) is 0 Å². The first-order chi connectivity index (χ1) is 8.58. The van der Waals surface area contributed by atoms with E-state index in [0.29, 0.717) is 12.6 Å². The summed E-state index contributed by atoms with van der Waals surface area (Å²) in [6, 6.07) is 8.77. The molecule has 1 heterocycles. The Hall–Kier alpha value is -0.620. The van der Waals surface area contributed by atoms with E-state index in [4.69, 9.17) is 5.11 Å². The molecule has 1 aliphatic heterocycles. The first kappa shape index (κ1) is 13.8. The Labute approximate surface area is 121 Å². The van der Waals surface area contributed by atoms with Crippen LogP contribution in [0.3, 0.4) is 0 Å². The van der Waals surface area contributed by atoms with Crippen LogP contribution >= 0.6 is 22.6 Å². The molecular formula is C14H18INO2. The molecule has 0 radical (unpaired) electrons. The van der Waals surface area contributed by atoms with Gasteiger partial charge in [0.15, 0.2) is 0 Å². The quantitative estimate of drug-likeness (QED) is 0.843. The van der Waals surface area contributed by atoms with Gasteiger partial charge in [0, 0.05) is 16.2 Å².